The zero-order valence-corrected chi connectivity index (χ0v) is 10.2. The third kappa shape index (κ3) is 2.83. The van der Waals surface area contributed by atoms with Crippen molar-refractivity contribution in [1.29, 1.82) is 0 Å². The molecule has 1 aliphatic rings. The molecule has 1 heterocycles. The van der Waals surface area contributed by atoms with Crippen molar-refractivity contribution in [1.82, 2.24) is 0 Å². The van der Waals surface area contributed by atoms with E-state index in [0.717, 1.165) is 24.1 Å². The van der Waals surface area contributed by atoms with Crippen molar-refractivity contribution in [3.05, 3.63) is 23.8 Å². The van der Waals surface area contributed by atoms with E-state index in [1.165, 1.54) is 12.1 Å². The summed E-state index contributed by atoms with van der Waals surface area (Å²) in [4.78, 5) is 4.36. The molecule has 5 heteroatoms. The molecule has 0 unspecified atom stereocenters. The van der Waals surface area contributed by atoms with Gasteiger partial charge in [0.1, 0.15) is 5.75 Å². The Morgan fingerprint density at radius 3 is 2.72 bits per heavy atom. The Labute approximate surface area is 103 Å². The molecule has 1 aromatic carbocycles. The van der Waals surface area contributed by atoms with Gasteiger partial charge in [-0.2, -0.15) is 0 Å². The maximum Gasteiger partial charge on any atom is 0.573 e. The summed E-state index contributed by atoms with van der Waals surface area (Å²) >= 11 is 0. The van der Waals surface area contributed by atoms with Crippen LogP contribution in [0.25, 0.3) is 0 Å². The molecule has 18 heavy (non-hydrogen) atoms. The van der Waals surface area contributed by atoms with Crippen LogP contribution in [0.2, 0.25) is 0 Å². The molecule has 0 radical (unpaired) electrons. The van der Waals surface area contributed by atoms with Gasteiger partial charge in [-0.1, -0.05) is 13.0 Å². The number of hydrogen-bond donors (Lipinski definition) is 0. The monoisotopic (exact) mass is 257 g/mol. The zero-order chi connectivity index (χ0) is 13.3. The van der Waals surface area contributed by atoms with Crippen LogP contribution < -0.4 is 4.74 Å². The van der Waals surface area contributed by atoms with Gasteiger partial charge in [0, 0.05) is 17.7 Å². The van der Waals surface area contributed by atoms with Crippen LogP contribution in [-0.4, -0.2) is 12.1 Å². The minimum Gasteiger partial charge on any atom is -0.406 e. The first-order chi connectivity index (χ1) is 8.39. The summed E-state index contributed by atoms with van der Waals surface area (Å²) in [6, 6.07) is 4.35. The van der Waals surface area contributed by atoms with Gasteiger partial charge < -0.3 is 4.74 Å². The maximum absolute atomic E-state index is 12.1. The first kappa shape index (κ1) is 12.9. The molecule has 0 N–H and O–H groups in total. The Morgan fingerprint density at radius 2 is 2.11 bits per heavy atom. The highest BCUT2D eigenvalue weighted by molar-refractivity contribution is 5.89. The van der Waals surface area contributed by atoms with Gasteiger partial charge >= 0.3 is 6.36 Å². The van der Waals surface area contributed by atoms with Crippen molar-refractivity contribution in [2.75, 3.05) is 0 Å². The third-order valence-electron chi connectivity index (χ3n) is 3.14. The molecular formula is C13H14F3NO. The Morgan fingerprint density at radius 1 is 1.39 bits per heavy atom. The number of alkyl halides is 3. The lowest BCUT2D eigenvalue weighted by molar-refractivity contribution is -0.274. The second-order valence-corrected chi connectivity index (χ2v) is 4.40. The number of rotatable bonds is 2. The second-order valence-electron chi connectivity index (χ2n) is 4.40. The first-order valence-electron chi connectivity index (χ1n) is 5.83. The average Bonchev–Trinajstić information content (AvgIpc) is 2.25. The fourth-order valence-corrected chi connectivity index (χ4v) is 2.15. The van der Waals surface area contributed by atoms with Gasteiger partial charge in [0.15, 0.2) is 0 Å². The summed E-state index contributed by atoms with van der Waals surface area (Å²) in [5.41, 5.74) is 2.52. The average molecular weight is 257 g/mol. The molecule has 0 spiro atoms. The second kappa shape index (κ2) is 4.63. The molecule has 0 bridgehead atoms. The lowest BCUT2D eigenvalue weighted by Gasteiger charge is -2.22. The lowest BCUT2D eigenvalue weighted by Crippen LogP contribution is -2.18. The summed E-state index contributed by atoms with van der Waals surface area (Å²) in [6.45, 7) is 3.99. The molecule has 0 saturated carbocycles. The van der Waals surface area contributed by atoms with Crippen molar-refractivity contribution in [3.63, 3.8) is 0 Å². The number of halogens is 3. The fourth-order valence-electron chi connectivity index (χ4n) is 2.15. The van der Waals surface area contributed by atoms with E-state index in [0.29, 0.717) is 11.6 Å². The number of benzene rings is 1. The van der Waals surface area contributed by atoms with Crippen molar-refractivity contribution in [3.8, 4) is 5.75 Å². The molecule has 0 amide bonds. The Balaban J connectivity index is 2.29. The highest BCUT2D eigenvalue weighted by Crippen LogP contribution is 2.34. The Hall–Kier alpha value is -1.52. The van der Waals surface area contributed by atoms with Crippen molar-refractivity contribution in [2.24, 2.45) is 10.9 Å². The summed E-state index contributed by atoms with van der Waals surface area (Å²) in [5.74, 6) is 0.166. The largest absolute Gasteiger partial charge is 0.573 e. The normalized spacial score (nSPS) is 19.2. The molecule has 1 aromatic rings. The molecular weight excluding hydrogens is 243 g/mol. The van der Waals surface area contributed by atoms with E-state index in [2.05, 4.69) is 16.7 Å². The van der Waals surface area contributed by atoms with Crippen molar-refractivity contribution in [2.45, 2.75) is 33.1 Å². The van der Waals surface area contributed by atoms with Crippen LogP contribution in [0.15, 0.2) is 23.2 Å². The van der Waals surface area contributed by atoms with Gasteiger partial charge in [-0.05, 0) is 31.4 Å². The topological polar surface area (TPSA) is 21.6 Å². The van der Waals surface area contributed by atoms with E-state index >= 15 is 0 Å². The molecule has 0 fully saturated rings. The maximum atomic E-state index is 12.1. The molecule has 98 valence electrons. The van der Waals surface area contributed by atoms with E-state index in [9.17, 15) is 13.2 Å². The van der Waals surface area contributed by atoms with Crippen LogP contribution in [-0.2, 0) is 6.42 Å². The van der Waals surface area contributed by atoms with Crippen molar-refractivity contribution < 1.29 is 17.9 Å². The van der Waals surface area contributed by atoms with E-state index in [-0.39, 0.29) is 5.75 Å². The fraction of sp³-hybridized carbons (Fsp3) is 0.462. The van der Waals surface area contributed by atoms with Gasteiger partial charge in [-0.3, -0.25) is 4.99 Å². The van der Waals surface area contributed by atoms with Crippen LogP contribution >= 0.6 is 0 Å². The van der Waals surface area contributed by atoms with Crippen LogP contribution in [0.5, 0.6) is 5.75 Å². The minimum absolute atomic E-state index is 0.215. The van der Waals surface area contributed by atoms with Crippen LogP contribution in [0.1, 0.15) is 25.8 Å². The third-order valence-corrected chi connectivity index (χ3v) is 3.14. The molecule has 1 aliphatic heterocycles. The molecule has 2 nitrogen and oxygen atoms in total. The SMILES string of the molecule is CC[C@H]1Cc2ccc(OC(F)(F)F)cc2N=C1C. The Bertz CT molecular complexity index is 480. The van der Waals surface area contributed by atoms with E-state index in [1.807, 2.05) is 6.92 Å². The number of hydrogen-bond acceptors (Lipinski definition) is 2. The van der Waals surface area contributed by atoms with E-state index in [1.54, 1.807) is 6.07 Å². The van der Waals surface area contributed by atoms with Crippen LogP contribution in [0.3, 0.4) is 0 Å². The van der Waals surface area contributed by atoms with Crippen LogP contribution in [0.4, 0.5) is 18.9 Å². The zero-order valence-electron chi connectivity index (χ0n) is 10.2. The van der Waals surface area contributed by atoms with Crippen molar-refractivity contribution >= 4 is 11.4 Å². The Kier molecular flexibility index (Phi) is 3.32. The molecule has 1 atom stereocenters. The summed E-state index contributed by atoms with van der Waals surface area (Å²) in [7, 11) is 0. The predicted molar refractivity (Wildman–Crippen MR) is 63.4 cm³/mol. The van der Waals surface area contributed by atoms with Gasteiger partial charge in [0.25, 0.3) is 0 Å². The van der Waals surface area contributed by atoms with E-state index in [4.69, 9.17) is 0 Å². The first-order valence-corrected chi connectivity index (χ1v) is 5.83. The standard InChI is InChI=1S/C13H14F3NO/c1-3-9-6-10-4-5-11(18-13(14,15)16)7-12(10)17-8(9)2/h4-5,7,9H,3,6H2,1-2H3/t9-/m0/s1. The summed E-state index contributed by atoms with van der Waals surface area (Å²) in [5, 5.41) is 0. The van der Waals surface area contributed by atoms with Crippen LogP contribution in [0, 0.1) is 5.92 Å². The highest BCUT2D eigenvalue weighted by Gasteiger charge is 2.31. The number of fused-ring (bicyclic) bond motifs is 1. The summed E-state index contributed by atoms with van der Waals surface area (Å²) in [6.07, 6.45) is -2.85. The van der Waals surface area contributed by atoms with Gasteiger partial charge in [-0.25, -0.2) is 0 Å². The molecule has 2 rings (SSSR count). The molecule has 0 saturated heterocycles. The number of nitrogens with zero attached hydrogens (tertiary/aromatic N) is 1. The highest BCUT2D eigenvalue weighted by atomic mass is 19.4. The van der Waals surface area contributed by atoms with Gasteiger partial charge in [0.05, 0.1) is 5.69 Å². The van der Waals surface area contributed by atoms with Gasteiger partial charge in [0.2, 0.25) is 0 Å². The number of aliphatic imine (C=N–C) groups is 1. The molecule has 0 aromatic heterocycles. The quantitative estimate of drug-likeness (QED) is 0.775. The molecule has 0 aliphatic carbocycles. The smallest absolute Gasteiger partial charge is 0.406 e. The minimum atomic E-state index is -4.66. The van der Waals surface area contributed by atoms with Gasteiger partial charge in [-0.15, -0.1) is 13.2 Å². The van der Waals surface area contributed by atoms with E-state index < -0.39 is 6.36 Å². The number of ether oxygens (including phenoxy) is 1. The lowest BCUT2D eigenvalue weighted by atomic mass is 9.89. The summed E-state index contributed by atoms with van der Waals surface area (Å²) < 4.78 is 40.2. The predicted octanol–water partition coefficient (Wildman–Crippen LogP) is 4.26.